The summed E-state index contributed by atoms with van der Waals surface area (Å²) in [6, 6.07) is 5.44. The minimum Gasteiger partial charge on any atom is -0.508 e. The third-order valence-corrected chi connectivity index (χ3v) is 6.00. The summed E-state index contributed by atoms with van der Waals surface area (Å²) < 4.78 is 0. The Morgan fingerprint density at radius 2 is 2.21 bits per heavy atom. The zero-order valence-corrected chi connectivity index (χ0v) is 14.7. The fourth-order valence-corrected chi connectivity index (χ4v) is 4.81. The van der Waals surface area contributed by atoms with E-state index in [1.807, 2.05) is 19.1 Å². The number of thiophene rings is 1. The molecule has 0 unspecified atom stereocenters. The predicted octanol–water partition coefficient (Wildman–Crippen LogP) is 2.99. The number of aryl methyl sites for hydroxylation is 1. The molecule has 4 rings (SSSR count). The maximum absolute atomic E-state index is 12.7. The number of amides is 1. The Bertz CT molecular complexity index is 815. The Hall–Kier alpha value is -2.05. The van der Waals surface area contributed by atoms with Crippen molar-refractivity contribution in [2.45, 2.75) is 33.0 Å². The number of benzene rings is 1. The van der Waals surface area contributed by atoms with E-state index in [0.29, 0.717) is 5.56 Å². The average molecular weight is 343 g/mol. The van der Waals surface area contributed by atoms with Crippen LogP contribution in [0.5, 0.6) is 5.75 Å². The molecule has 0 aliphatic carbocycles. The fraction of sp³-hybridized carbons (Fsp3) is 0.389. The molecule has 2 aromatic rings. The van der Waals surface area contributed by atoms with E-state index in [1.54, 1.807) is 17.4 Å². The number of carbonyl (C=O) groups excluding carboxylic acids is 1. The summed E-state index contributed by atoms with van der Waals surface area (Å²) in [5, 5.41) is 17.5. The largest absolute Gasteiger partial charge is 0.508 e. The zero-order chi connectivity index (χ0) is 16.8. The standard InChI is InChI=1S/C18H21N3O2S/c1-3-21-7-6-11-14(9-21)24-18-15(11)17(23)19-16(20-18)12-8-10(2)4-5-13(12)22/h4-5,8,16,20,22H,3,6-7,9H2,1-2H3,(H,19,23)/t16-/m0/s1. The number of hydrogen-bond acceptors (Lipinski definition) is 5. The number of rotatable bonds is 2. The van der Waals surface area contributed by atoms with E-state index in [2.05, 4.69) is 22.5 Å². The van der Waals surface area contributed by atoms with Gasteiger partial charge in [0.05, 0.1) is 5.56 Å². The first-order valence-electron chi connectivity index (χ1n) is 8.30. The first kappa shape index (κ1) is 15.5. The summed E-state index contributed by atoms with van der Waals surface area (Å²) in [4.78, 5) is 16.4. The van der Waals surface area contributed by atoms with Crippen LogP contribution in [-0.4, -0.2) is 29.0 Å². The second-order valence-corrected chi connectivity index (χ2v) is 7.54. The van der Waals surface area contributed by atoms with Gasteiger partial charge in [-0.25, -0.2) is 0 Å². The lowest BCUT2D eigenvalue weighted by Crippen LogP contribution is -2.39. The van der Waals surface area contributed by atoms with Crippen LogP contribution >= 0.6 is 11.3 Å². The van der Waals surface area contributed by atoms with Crippen LogP contribution in [-0.2, 0) is 13.0 Å². The first-order chi connectivity index (χ1) is 11.6. The Kier molecular flexibility index (Phi) is 3.73. The molecule has 24 heavy (non-hydrogen) atoms. The number of nitrogens with one attached hydrogen (secondary N) is 2. The van der Waals surface area contributed by atoms with Gasteiger partial charge in [0.15, 0.2) is 0 Å². The lowest BCUT2D eigenvalue weighted by atomic mass is 10.00. The van der Waals surface area contributed by atoms with Crippen molar-refractivity contribution in [3.05, 3.63) is 45.3 Å². The van der Waals surface area contributed by atoms with Crippen LogP contribution in [0.2, 0.25) is 0 Å². The minimum absolute atomic E-state index is 0.0443. The minimum atomic E-state index is -0.396. The van der Waals surface area contributed by atoms with Crippen molar-refractivity contribution < 1.29 is 9.90 Å². The van der Waals surface area contributed by atoms with E-state index in [0.717, 1.165) is 42.2 Å². The fourth-order valence-electron chi connectivity index (χ4n) is 3.50. The van der Waals surface area contributed by atoms with E-state index in [4.69, 9.17) is 0 Å². The normalized spacial score (nSPS) is 20.1. The molecule has 2 aliphatic rings. The second kappa shape index (κ2) is 5.79. The molecule has 3 N–H and O–H groups in total. The van der Waals surface area contributed by atoms with Gasteiger partial charge in [-0.1, -0.05) is 18.6 Å². The molecule has 0 saturated carbocycles. The number of likely N-dealkylation sites (N-methyl/N-ethyl adjacent to an activating group) is 1. The van der Waals surface area contributed by atoms with Crippen LogP contribution in [0.1, 0.15) is 45.0 Å². The molecular formula is C18H21N3O2S. The number of anilines is 1. The van der Waals surface area contributed by atoms with E-state index >= 15 is 0 Å². The summed E-state index contributed by atoms with van der Waals surface area (Å²) >= 11 is 1.67. The quantitative estimate of drug-likeness (QED) is 0.784. The molecule has 2 aliphatic heterocycles. The van der Waals surface area contributed by atoms with Crippen LogP contribution in [0, 0.1) is 6.92 Å². The summed E-state index contributed by atoms with van der Waals surface area (Å²) in [6.07, 6.45) is 0.525. The number of carbonyl (C=O) groups is 1. The lowest BCUT2D eigenvalue weighted by Gasteiger charge is -2.28. The maximum Gasteiger partial charge on any atom is 0.256 e. The van der Waals surface area contributed by atoms with Gasteiger partial charge >= 0.3 is 0 Å². The molecule has 0 fully saturated rings. The molecule has 1 aromatic heterocycles. The van der Waals surface area contributed by atoms with Gasteiger partial charge in [-0.3, -0.25) is 9.69 Å². The Morgan fingerprint density at radius 1 is 1.38 bits per heavy atom. The van der Waals surface area contributed by atoms with E-state index in [1.165, 1.54) is 10.4 Å². The van der Waals surface area contributed by atoms with Crippen molar-refractivity contribution in [1.82, 2.24) is 10.2 Å². The van der Waals surface area contributed by atoms with Crippen LogP contribution in [0.15, 0.2) is 18.2 Å². The number of nitrogens with zero attached hydrogens (tertiary/aromatic N) is 1. The summed E-state index contributed by atoms with van der Waals surface area (Å²) in [5.41, 5.74) is 3.75. The van der Waals surface area contributed by atoms with Crippen LogP contribution < -0.4 is 10.6 Å². The van der Waals surface area contributed by atoms with Gasteiger partial charge in [0.2, 0.25) is 0 Å². The van der Waals surface area contributed by atoms with E-state index in [-0.39, 0.29) is 11.7 Å². The summed E-state index contributed by atoms with van der Waals surface area (Å²) in [6.45, 7) is 7.09. The highest BCUT2D eigenvalue weighted by Crippen LogP contribution is 2.41. The molecule has 0 spiro atoms. The molecule has 0 saturated heterocycles. The number of hydrogen-bond donors (Lipinski definition) is 3. The molecular weight excluding hydrogens is 322 g/mol. The van der Waals surface area contributed by atoms with E-state index in [9.17, 15) is 9.90 Å². The molecule has 0 bridgehead atoms. The van der Waals surface area contributed by atoms with Gasteiger partial charge in [-0.05, 0) is 37.6 Å². The SMILES string of the molecule is CCN1CCc2c(sc3c2C(=O)N[C@H](c2cc(C)ccc2O)N3)C1. The average Bonchev–Trinajstić information content (AvgIpc) is 2.94. The van der Waals surface area contributed by atoms with Gasteiger partial charge in [-0.15, -0.1) is 11.3 Å². The third-order valence-electron chi connectivity index (χ3n) is 4.86. The number of aromatic hydroxyl groups is 1. The molecule has 5 nitrogen and oxygen atoms in total. The van der Waals surface area contributed by atoms with Crippen LogP contribution in [0.3, 0.4) is 0 Å². The predicted molar refractivity (Wildman–Crippen MR) is 95.6 cm³/mol. The highest BCUT2D eigenvalue weighted by molar-refractivity contribution is 7.16. The highest BCUT2D eigenvalue weighted by Gasteiger charge is 2.33. The highest BCUT2D eigenvalue weighted by atomic mass is 32.1. The van der Waals surface area contributed by atoms with Crippen molar-refractivity contribution in [2.24, 2.45) is 0 Å². The monoisotopic (exact) mass is 343 g/mol. The number of fused-ring (bicyclic) bond motifs is 3. The Balaban J connectivity index is 1.70. The molecule has 1 aromatic carbocycles. The molecule has 6 heteroatoms. The van der Waals surface area contributed by atoms with Crippen LogP contribution in [0.4, 0.5) is 5.00 Å². The third kappa shape index (κ3) is 2.46. The number of phenolic OH excluding ortho intramolecular Hbond substituents is 1. The number of phenols is 1. The van der Waals surface area contributed by atoms with Crippen molar-refractivity contribution in [1.29, 1.82) is 0 Å². The van der Waals surface area contributed by atoms with Gasteiger partial charge in [0.1, 0.15) is 16.9 Å². The van der Waals surface area contributed by atoms with Crippen molar-refractivity contribution in [2.75, 3.05) is 18.4 Å². The van der Waals surface area contributed by atoms with Crippen molar-refractivity contribution in [3.8, 4) is 5.75 Å². The Labute approximate surface area is 145 Å². The first-order valence-corrected chi connectivity index (χ1v) is 9.12. The van der Waals surface area contributed by atoms with E-state index < -0.39 is 6.17 Å². The van der Waals surface area contributed by atoms with Gasteiger partial charge < -0.3 is 15.7 Å². The van der Waals surface area contributed by atoms with Crippen molar-refractivity contribution >= 4 is 22.2 Å². The lowest BCUT2D eigenvalue weighted by molar-refractivity contribution is 0.0934. The Morgan fingerprint density at radius 3 is 3.00 bits per heavy atom. The molecule has 126 valence electrons. The van der Waals surface area contributed by atoms with Crippen LogP contribution in [0.25, 0.3) is 0 Å². The van der Waals surface area contributed by atoms with Crippen molar-refractivity contribution in [3.63, 3.8) is 0 Å². The maximum atomic E-state index is 12.7. The molecule has 1 amide bonds. The molecule has 3 heterocycles. The molecule has 0 radical (unpaired) electrons. The van der Waals surface area contributed by atoms with Gasteiger partial charge in [0.25, 0.3) is 5.91 Å². The molecule has 1 atom stereocenters. The summed E-state index contributed by atoms with van der Waals surface area (Å²) in [5.74, 6) is 0.150. The smallest absolute Gasteiger partial charge is 0.256 e. The second-order valence-electron chi connectivity index (χ2n) is 6.44. The van der Waals surface area contributed by atoms with Gasteiger partial charge in [0, 0.05) is 23.5 Å². The topological polar surface area (TPSA) is 64.6 Å². The zero-order valence-electron chi connectivity index (χ0n) is 13.8. The summed E-state index contributed by atoms with van der Waals surface area (Å²) in [7, 11) is 0. The van der Waals surface area contributed by atoms with Gasteiger partial charge in [-0.2, -0.15) is 0 Å².